The largest absolute Gasteiger partial charge is 0.313 e. The molecule has 1 atom stereocenters. The van der Waals surface area contributed by atoms with Gasteiger partial charge in [-0.05, 0) is 126 Å². The minimum absolute atomic E-state index is 0.462. The summed E-state index contributed by atoms with van der Waals surface area (Å²) in [5, 5.41) is 1.42. The number of rotatable bonds is 3. The number of nitrogens with zero attached hydrogens (tertiary/aromatic N) is 2. The third-order valence-corrected chi connectivity index (χ3v) is 13.9. The van der Waals surface area contributed by atoms with Gasteiger partial charge in [0, 0.05) is 48.1 Å². The van der Waals surface area contributed by atoms with Crippen LogP contribution in [0.3, 0.4) is 0 Å². The second kappa shape index (κ2) is 12.0. The third-order valence-electron chi connectivity index (χ3n) is 11.6. The van der Waals surface area contributed by atoms with E-state index in [1.54, 1.807) is 0 Å². The van der Waals surface area contributed by atoms with E-state index in [1.165, 1.54) is 99.2 Å². The molecule has 2 nitrogen and oxygen atoms in total. The minimum atomic E-state index is -0.462. The molecular formula is C48H36N2S2. The van der Waals surface area contributed by atoms with Gasteiger partial charge in [-0.2, -0.15) is 0 Å². The minimum Gasteiger partial charge on any atom is -0.313 e. The van der Waals surface area contributed by atoms with Gasteiger partial charge < -0.3 is 4.57 Å². The van der Waals surface area contributed by atoms with Crippen molar-refractivity contribution in [3.63, 3.8) is 0 Å². The molecule has 0 radical (unpaired) electrons. The van der Waals surface area contributed by atoms with Crippen molar-refractivity contribution in [2.24, 2.45) is 4.99 Å². The van der Waals surface area contributed by atoms with Crippen LogP contribution in [0.4, 0.5) is 0 Å². The molecule has 0 bridgehead atoms. The van der Waals surface area contributed by atoms with Crippen molar-refractivity contribution in [2.45, 2.75) is 63.5 Å². The predicted molar refractivity (Wildman–Crippen MR) is 218 cm³/mol. The van der Waals surface area contributed by atoms with Crippen LogP contribution in [0.2, 0.25) is 0 Å². The summed E-state index contributed by atoms with van der Waals surface area (Å²) in [6, 6.07) is 50.7. The molecule has 1 spiro atoms. The summed E-state index contributed by atoms with van der Waals surface area (Å²) >= 11 is 3.83. The van der Waals surface area contributed by atoms with Gasteiger partial charge >= 0.3 is 0 Å². The van der Waals surface area contributed by atoms with Gasteiger partial charge in [0.15, 0.2) is 0 Å². The summed E-state index contributed by atoms with van der Waals surface area (Å²) in [5.74, 6) is 0. The van der Waals surface area contributed by atoms with Crippen LogP contribution in [0.15, 0.2) is 164 Å². The van der Waals surface area contributed by atoms with E-state index in [1.807, 2.05) is 23.5 Å². The molecule has 0 amide bonds. The van der Waals surface area contributed by atoms with E-state index < -0.39 is 5.41 Å². The topological polar surface area (TPSA) is 17.3 Å². The fourth-order valence-electron chi connectivity index (χ4n) is 9.40. The van der Waals surface area contributed by atoms with Crippen LogP contribution in [-0.4, -0.2) is 10.8 Å². The van der Waals surface area contributed by atoms with Crippen molar-refractivity contribution in [1.82, 2.24) is 4.57 Å². The van der Waals surface area contributed by atoms with Gasteiger partial charge in [0.05, 0.1) is 16.6 Å². The third kappa shape index (κ3) is 4.44. The van der Waals surface area contributed by atoms with Crippen LogP contribution < -0.4 is 0 Å². The first kappa shape index (κ1) is 30.6. The van der Waals surface area contributed by atoms with Gasteiger partial charge in [-0.3, -0.25) is 4.99 Å². The Kier molecular flexibility index (Phi) is 7.07. The zero-order valence-electron chi connectivity index (χ0n) is 28.8. The van der Waals surface area contributed by atoms with Crippen molar-refractivity contribution in [3.05, 3.63) is 179 Å². The van der Waals surface area contributed by atoms with Crippen LogP contribution in [0.25, 0.3) is 33.4 Å². The van der Waals surface area contributed by atoms with Crippen LogP contribution in [0.1, 0.15) is 64.8 Å². The van der Waals surface area contributed by atoms with E-state index in [4.69, 9.17) is 4.99 Å². The lowest BCUT2D eigenvalue weighted by Gasteiger charge is -2.45. The molecular weight excluding hydrogens is 669 g/mol. The standard InChI is InChI=1S/C48H36N2S2/c1-2-13-33(14-3-1)50-41-20-7-4-15-35(41)47-34(16-12-21-42(47)50)31-25-27-45-39(29-31)48(36-17-5-8-22-43(36)51-45)37-18-6-9-23-44(37)52-46-30-32(24-26-38(46)48)40-19-10-11-28-49-40/h1-3,5-6,8-9,12-14,16-19,21-30H,4,7,10-11,15,20H2. The molecule has 4 heterocycles. The number of para-hydroxylation sites is 1. The number of fused-ring (bicyclic) bond motifs is 11. The van der Waals surface area contributed by atoms with E-state index >= 15 is 0 Å². The molecule has 4 heteroatoms. The van der Waals surface area contributed by atoms with Gasteiger partial charge in [-0.1, -0.05) is 115 Å². The fourth-order valence-corrected chi connectivity index (χ4v) is 11.8. The molecule has 6 aromatic carbocycles. The molecule has 1 aliphatic carbocycles. The van der Waals surface area contributed by atoms with Crippen molar-refractivity contribution in [3.8, 4) is 16.8 Å². The highest BCUT2D eigenvalue weighted by Crippen LogP contribution is 2.62. The first-order chi connectivity index (χ1) is 25.8. The quantitative estimate of drug-likeness (QED) is 0.182. The molecule has 0 saturated heterocycles. The first-order valence-electron chi connectivity index (χ1n) is 18.6. The van der Waals surface area contributed by atoms with Crippen LogP contribution in [-0.2, 0) is 18.3 Å². The van der Waals surface area contributed by atoms with Crippen LogP contribution >= 0.6 is 23.5 Å². The molecule has 0 fully saturated rings. The summed E-state index contributed by atoms with van der Waals surface area (Å²) in [4.78, 5) is 10.1. The number of aryl methyl sites for hydroxylation is 1. The average Bonchev–Trinajstić information content (AvgIpc) is 3.56. The monoisotopic (exact) mass is 704 g/mol. The Balaban J connectivity index is 1.19. The molecule has 11 rings (SSSR count). The smallest absolute Gasteiger partial charge is 0.0745 e. The lowest BCUT2D eigenvalue weighted by molar-refractivity contribution is 0.666. The highest BCUT2D eigenvalue weighted by molar-refractivity contribution is 8.00. The summed E-state index contributed by atoms with van der Waals surface area (Å²) in [7, 11) is 0. The average molecular weight is 705 g/mol. The van der Waals surface area contributed by atoms with E-state index in [0.29, 0.717) is 0 Å². The van der Waals surface area contributed by atoms with Crippen LogP contribution in [0.5, 0.6) is 0 Å². The lowest BCUT2D eigenvalue weighted by atomic mass is 9.64. The number of aromatic nitrogens is 1. The maximum absolute atomic E-state index is 4.81. The zero-order valence-corrected chi connectivity index (χ0v) is 30.4. The summed E-state index contributed by atoms with van der Waals surface area (Å²) in [5.41, 5.74) is 15.5. The molecule has 0 saturated carbocycles. The number of allylic oxidation sites excluding steroid dienone is 1. The molecule has 3 aliphatic heterocycles. The van der Waals surface area contributed by atoms with Crippen LogP contribution in [0, 0.1) is 0 Å². The Hall–Kier alpha value is -5.03. The highest BCUT2D eigenvalue weighted by Gasteiger charge is 2.49. The molecule has 4 aliphatic rings. The molecule has 52 heavy (non-hydrogen) atoms. The normalized spacial score (nSPS) is 18.3. The highest BCUT2D eigenvalue weighted by atomic mass is 32.2. The van der Waals surface area contributed by atoms with Crippen molar-refractivity contribution < 1.29 is 0 Å². The van der Waals surface area contributed by atoms with E-state index in [0.717, 1.165) is 31.4 Å². The van der Waals surface area contributed by atoms with Gasteiger partial charge in [0.1, 0.15) is 0 Å². The molecule has 250 valence electrons. The Morgan fingerprint density at radius 3 is 2.08 bits per heavy atom. The van der Waals surface area contributed by atoms with Crippen molar-refractivity contribution >= 4 is 46.3 Å². The summed E-state index contributed by atoms with van der Waals surface area (Å²) in [6.07, 6.45) is 11.1. The number of hydrogen-bond acceptors (Lipinski definition) is 3. The lowest BCUT2D eigenvalue weighted by Crippen LogP contribution is -2.36. The van der Waals surface area contributed by atoms with Gasteiger partial charge in [-0.25, -0.2) is 0 Å². The van der Waals surface area contributed by atoms with E-state index in [-0.39, 0.29) is 0 Å². The summed E-state index contributed by atoms with van der Waals surface area (Å²) < 4.78 is 2.55. The maximum atomic E-state index is 4.81. The summed E-state index contributed by atoms with van der Waals surface area (Å²) in [6.45, 7) is 0. The SMILES string of the molecule is C1=NC(c2ccc3c(c2)Sc2ccccc2C32c3ccccc3Sc3ccc(-c4cccc5c4c4c(n5-c5ccccc5)CCCC4)cc32)=CCC1. The molecule has 0 N–H and O–H groups in total. The second-order valence-electron chi connectivity index (χ2n) is 14.3. The predicted octanol–water partition coefficient (Wildman–Crippen LogP) is 12.7. The van der Waals surface area contributed by atoms with Crippen molar-refractivity contribution in [1.29, 1.82) is 0 Å². The number of hydrogen-bond donors (Lipinski definition) is 0. The Bertz CT molecular complexity index is 2630. The van der Waals surface area contributed by atoms with Crippen molar-refractivity contribution in [2.75, 3.05) is 0 Å². The Morgan fingerprint density at radius 2 is 1.27 bits per heavy atom. The molecule has 1 aromatic heterocycles. The molecule has 1 unspecified atom stereocenters. The van der Waals surface area contributed by atoms with Gasteiger partial charge in [0.25, 0.3) is 0 Å². The van der Waals surface area contributed by atoms with E-state index in [9.17, 15) is 0 Å². The fraction of sp³-hybridized carbons (Fsp3) is 0.146. The number of aliphatic imine (C=N–C) groups is 1. The number of benzene rings is 6. The second-order valence-corrected chi connectivity index (χ2v) is 16.5. The first-order valence-corrected chi connectivity index (χ1v) is 20.2. The molecule has 7 aromatic rings. The van der Waals surface area contributed by atoms with Gasteiger partial charge in [-0.15, -0.1) is 0 Å². The Morgan fingerprint density at radius 1 is 0.558 bits per heavy atom. The zero-order chi connectivity index (χ0) is 34.2. The maximum Gasteiger partial charge on any atom is 0.0745 e. The Labute approximate surface area is 313 Å². The van der Waals surface area contributed by atoms with Gasteiger partial charge in [0.2, 0.25) is 0 Å². The van der Waals surface area contributed by atoms with E-state index in [2.05, 4.69) is 150 Å².